The molecule has 15 heavy (non-hydrogen) atoms. The Hall–Kier alpha value is -1.34. The van der Waals surface area contributed by atoms with Gasteiger partial charge in [0.1, 0.15) is 0 Å². The van der Waals surface area contributed by atoms with Gasteiger partial charge < -0.3 is 0 Å². The third-order valence-electron chi connectivity index (χ3n) is 1.96. The van der Waals surface area contributed by atoms with Crippen molar-refractivity contribution in [3.05, 3.63) is 28.7 Å². The largest absolute Gasteiger partial charge is 0.261 e. The summed E-state index contributed by atoms with van der Waals surface area (Å²) in [4.78, 5) is 4.06. The average Bonchev–Trinajstić information content (AvgIpc) is 2.83. The molecule has 0 amide bonds. The fourth-order valence-electron chi connectivity index (χ4n) is 1.31. The van der Waals surface area contributed by atoms with Crippen molar-refractivity contribution in [2.24, 2.45) is 0 Å². The second kappa shape index (κ2) is 3.35. The lowest BCUT2D eigenvalue weighted by Crippen LogP contribution is -1.85. The highest BCUT2D eigenvalue weighted by atomic mass is 79.9. The van der Waals surface area contributed by atoms with Crippen LogP contribution in [0, 0.1) is 0 Å². The van der Waals surface area contributed by atoms with E-state index in [4.69, 9.17) is 0 Å². The Morgan fingerprint density at radius 3 is 3.00 bits per heavy atom. The molecule has 3 aromatic heterocycles. The number of fused-ring (bicyclic) bond motifs is 1. The van der Waals surface area contributed by atoms with Crippen molar-refractivity contribution in [2.45, 2.75) is 0 Å². The number of nitrogens with zero attached hydrogens (tertiary/aromatic N) is 5. The van der Waals surface area contributed by atoms with Crippen LogP contribution in [0.1, 0.15) is 0 Å². The van der Waals surface area contributed by atoms with Gasteiger partial charge in [-0.1, -0.05) is 11.3 Å². The summed E-state index contributed by atoms with van der Waals surface area (Å²) >= 11 is 4.76. The minimum atomic E-state index is 0.765. The van der Waals surface area contributed by atoms with Crippen molar-refractivity contribution in [1.82, 2.24) is 24.8 Å². The lowest BCUT2D eigenvalue weighted by molar-refractivity contribution is 0.946. The van der Waals surface area contributed by atoms with Crippen molar-refractivity contribution in [2.75, 3.05) is 0 Å². The molecule has 0 aliphatic heterocycles. The standard InChI is InChI=1S/C8H4BrN5S/c9-8-13-12-7(15-8)5-3-11-14-2-1-10-4-6(5)14/h1-4H. The number of halogens is 1. The fourth-order valence-corrected chi connectivity index (χ4v) is 2.44. The maximum atomic E-state index is 4.20. The van der Waals surface area contributed by atoms with Crippen molar-refractivity contribution in [1.29, 1.82) is 0 Å². The third-order valence-corrected chi connectivity index (χ3v) is 3.34. The topological polar surface area (TPSA) is 56.0 Å². The molecule has 0 spiro atoms. The first-order valence-electron chi connectivity index (χ1n) is 4.11. The Balaban J connectivity index is 2.27. The normalized spacial score (nSPS) is 11.0. The maximum Gasteiger partial charge on any atom is 0.183 e. The number of hydrogen-bond acceptors (Lipinski definition) is 5. The number of rotatable bonds is 1. The highest BCUT2D eigenvalue weighted by Gasteiger charge is 2.10. The summed E-state index contributed by atoms with van der Waals surface area (Å²) in [7, 11) is 0. The predicted octanol–water partition coefficient (Wildman–Crippen LogP) is 2.01. The smallest absolute Gasteiger partial charge is 0.183 e. The first-order chi connectivity index (χ1) is 7.34. The Morgan fingerprint density at radius 2 is 2.20 bits per heavy atom. The molecule has 3 rings (SSSR count). The van der Waals surface area contributed by atoms with Crippen LogP contribution in [-0.4, -0.2) is 24.8 Å². The van der Waals surface area contributed by atoms with Gasteiger partial charge >= 0.3 is 0 Å². The van der Waals surface area contributed by atoms with Crippen molar-refractivity contribution < 1.29 is 0 Å². The minimum absolute atomic E-state index is 0.765. The Kier molecular flexibility index (Phi) is 2.00. The van der Waals surface area contributed by atoms with Crippen LogP contribution >= 0.6 is 27.3 Å². The van der Waals surface area contributed by atoms with Crippen LogP contribution in [-0.2, 0) is 0 Å². The fraction of sp³-hybridized carbons (Fsp3) is 0. The molecule has 0 saturated carbocycles. The highest BCUT2D eigenvalue weighted by molar-refractivity contribution is 9.11. The summed E-state index contributed by atoms with van der Waals surface area (Å²) in [5.74, 6) is 0. The molecule has 5 nitrogen and oxygen atoms in total. The molecule has 0 radical (unpaired) electrons. The van der Waals surface area contributed by atoms with Gasteiger partial charge in [-0.3, -0.25) is 4.98 Å². The van der Waals surface area contributed by atoms with E-state index in [9.17, 15) is 0 Å². The number of aromatic nitrogens is 5. The molecule has 0 saturated heterocycles. The molecule has 0 N–H and O–H groups in total. The molecule has 0 fully saturated rings. The van der Waals surface area contributed by atoms with Gasteiger partial charge in [0.05, 0.1) is 23.5 Å². The molecule has 0 aromatic carbocycles. The van der Waals surface area contributed by atoms with Crippen LogP contribution < -0.4 is 0 Å². The van der Waals surface area contributed by atoms with Gasteiger partial charge in [0, 0.05) is 12.4 Å². The number of hydrogen-bond donors (Lipinski definition) is 0. The van der Waals surface area contributed by atoms with Gasteiger partial charge in [-0.2, -0.15) is 5.10 Å². The van der Waals surface area contributed by atoms with Crippen molar-refractivity contribution in [3.63, 3.8) is 0 Å². The van der Waals surface area contributed by atoms with Gasteiger partial charge in [0.15, 0.2) is 8.92 Å². The second-order valence-corrected chi connectivity index (χ2v) is 5.08. The molecular formula is C8H4BrN5S. The summed E-state index contributed by atoms with van der Waals surface area (Å²) < 4.78 is 2.53. The zero-order valence-electron chi connectivity index (χ0n) is 7.33. The molecular weight excluding hydrogens is 278 g/mol. The van der Waals surface area contributed by atoms with Crippen molar-refractivity contribution >= 4 is 32.8 Å². The predicted molar refractivity (Wildman–Crippen MR) is 59.6 cm³/mol. The molecule has 3 heterocycles. The Bertz CT molecular complexity index is 616. The summed E-state index contributed by atoms with van der Waals surface area (Å²) in [6, 6.07) is 0. The molecule has 3 aromatic rings. The van der Waals surface area contributed by atoms with E-state index < -0.39 is 0 Å². The van der Waals surface area contributed by atoms with Gasteiger partial charge in [-0.05, 0) is 15.9 Å². The summed E-state index contributed by atoms with van der Waals surface area (Å²) in [6.07, 6.45) is 7.02. The van der Waals surface area contributed by atoms with Gasteiger partial charge in [-0.15, -0.1) is 10.2 Å². The van der Waals surface area contributed by atoms with E-state index >= 15 is 0 Å². The quantitative estimate of drug-likeness (QED) is 0.685. The maximum absolute atomic E-state index is 4.20. The SMILES string of the molecule is Brc1nnc(-c2cnn3ccncc23)s1. The molecule has 0 bridgehead atoms. The average molecular weight is 282 g/mol. The van der Waals surface area contributed by atoms with Gasteiger partial charge in [0.2, 0.25) is 0 Å². The van der Waals surface area contributed by atoms with Crippen LogP contribution in [0.3, 0.4) is 0 Å². The van der Waals surface area contributed by atoms with Gasteiger partial charge in [-0.25, -0.2) is 4.52 Å². The summed E-state index contributed by atoms with van der Waals surface area (Å²) in [6.45, 7) is 0. The van der Waals surface area contributed by atoms with E-state index in [2.05, 4.69) is 36.2 Å². The van der Waals surface area contributed by atoms with Crippen LogP contribution in [0.4, 0.5) is 0 Å². The molecule has 0 atom stereocenters. The molecule has 0 unspecified atom stereocenters. The minimum Gasteiger partial charge on any atom is -0.261 e. The van der Waals surface area contributed by atoms with Crippen LogP contribution in [0.25, 0.3) is 16.1 Å². The second-order valence-electron chi connectivity index (χ2n) is 2.82. The Morgan fingerprint density at radius 1 is 1.27 bits per heavy atom. The van der Waals surface area contributed by atoms with E-state index in [0.717, 1.165) is 20.0 Å². The van der Waals surface area contributed by atoms with Crippen LogP contribution in [0.5, 0.6) is 0 Å². The van der Waals surface area contributed by atoms with E-state index in [-0.39, 0.29) is 0 Å². The van der Waals surface area contributed by atoms with Gasteiger partial charge in [0.25, 0.3) is 0 Å². The van der Waals surface area contributed by atoms with Crippen LogP contribution in [0.15, 0.2) is 28.7 Å². The monoisotopic (exact) mass is 281 g/mol. The molecule has 0 aliphatic carbocycles. The van der Waals surface area contributed by atoms with E-state index in [0.29, 0.717) is 0 Å². The third kappa shape index (κ3) is 1.44. The molecule has 0 aliphatic rings. The van der Waals surface area contributed by atoms with E-state index in [1.807, 2.05) is 0 Å². The zero-order chi connectivity index (χ0) is 10.3. The van der Waals surface area contributed by atoms with Crippen LogP contribution in [0.2, 0.25) is 0 Å². The van der Waals surface area contributed by atoms with E-state index in [1.54, 1.807) is 29.3 Å². The lowest BCUT2D eigenvalue weighted by atomic mass is 10.3. The lowest BCUT2D eigenvalue weighted by Gasteiger charge is -1.91. The summed E-state index contributed by atoms with van der Waals surface area (Å²) in [5.41, 5.74) is 1.88. The van der Waals surface area contributed by atoms with E-state index in [1.165, 1.54) is 11.3 Å². The highest BCUT2D eigenvalue weighted by Crippen LogP contribution is 2.28. The molecule has 74 valence electrons. The first kappa shape index (κ1) is 8.93. The summed E-state index contributed by atoms with van der Waals surface area (Å²) in [5, 5.41) is 13.0. The first-order valence-corrected chi connectivity index (χ1v) is 5.72. The Labute approximate surface area is 96.9 Å². The zero-order valence-corrected chi connectivity index (χ0v) is 9.73. The molecule has 7 heteroatoms. The van der Waals surface area contributed by atoms with Crippen molar-refractivity contribution in [3.8, 4) is 10.6 Å².